The normalized spacial score (nSPS) is 12.1. The van der Waals surface area contributed by atoms with Crippen LogP contribution in [0.15, 0.2) is 42.5 Å². The topological polar surface area (TPSA) is 68.1 Å². The van der Waals surface area contributed by atoms with Gasteiger partial charge >= 0.3 is 0 Å². The number of aryl methyl sites for hydroxylation is 1. The summed E-state index contributed by atoms with van der Waals surface area (Å²) in [6.07, 6.45) is 0. The van der Waals surface area contributed by atoms with Crippen molar-refractivity contribution in [3.05, 3.63) is 69.5 Å². The number of nitro groups is 1. The zero-order valence-corrected chi connectivity index (χ0v) is 11.5. The first-order chi connectivity index (χ1) is 9.58. The number of pyridine rings is 1. The van der Waals surface area contributed by atoms with Crippen molar-refractivity contribution in [1.29, 1.82) is 0 Å². The third-order valence-electron chi connectivity index (χ3n) is 3.14. The minimum absolute atomic E-state index is 0.112. The van der Waals surface area contributed by atoms with Crippen molar-refractivity contribution in [2.45, 2.75) is 26.4 Å². The van der Waals surface area contributed by atoms with E-state index in [2.05, 4.69) is 10.3 Å². The van der Waals surface area contributed by atoms with Gasteiger partial charge in [0.05, 0.1) is 10.6 Å². The molecule has 1 aromatic heterocycles. The molecule has 5 nitrogen and oxygen atoms in total. The lowest BCUT2D eigenvalue weighted by Gasteiger charge is -2.14. The van der Waals surface area contributed by atoms with Crippen LogP contribution in [0.3, 0.4) is 0 Å². The molecule has 2 aromatic rings. The molecule has 0 radical (unpaired) electrons. The van der Waals surface area contributed by atoms with E-state index in [1.54, 1.807) is 12.1 Å². The Morgan fingerprint density at radius 1 is 1.25 bits per heavy atom. The van der Waals surface area contributed by atoms with Gasteiger partial charge in [0, 0.05) is 29.9 Å². The van der Waals surface area contributed by atoms with Crippen LogP contribution in [0.2, 0.25) is 0 Å². The van der Waals surface area contributed by atoms with Crippen LogP contribution in [-0.4, -0.2) is 9.91 Å². The Morgan fingerprint density at radius 2 is 2.00 bits per heavy atom. The molecule has 0 aliphatic carbocycles. The summed E-state index contributed by atoms with van der Waals surface area (Å²) >= 11 is 0. The van der Waals surface area contributed by atoms with Crippen molar-refractivity contribution in [3.63, 3.8) is 0 Å². The van der Waals surface area contributed by atoms with Gasteiger partial charge in [0.25, 0.3) is 5.69 Å². The molecule has 5 heteroatoms. The first-order valence-electron chi connectivity index (χ1n) is 6.47. The van der Waals surface area contributed by atoms with E-state index in [-0.39, 0.29) is 16.7 Å². The Morgan fingerprint density at radius 3 is 2.70 bits per heavy atom. The van der Waals surface area contributed by atoms with Gasteiger partial charge in [0.2, 0.25) is 0 Å². The summed E-state index contributed by atoms with van der Waals surface area (Å²) in [5.74, 6) is 0. The highest BCUT2D eigenvalue weighted by atomic mass is 16.6. The van der Waals surface area contributed by atoms with Crippen molar-refractivity contribution in [2.24, 2.45) is 0 Å². The van der Waals surface area contributed by atoms with E-state index in [1.165, 1.54) is 6.07 Å². The zero-order chi connectivity index (χ0) is 14.5. The molecule has 104 valence electrons. The number of nitrogens with one attached hydrogen (secondary N) is 1. The maximum atomic E-state index is 11.0. The maximum Gasteiger partial charge on any atom is 0.274 e. The van der Waals surface area contributed by atoms with E-state index in [0.717, 1.165) is 11.4 Å². The molecule has 1 aromatic carbocycles. The number of aromatic nitrogens is 1. The van der Waals surface area contributed by atoms with Crippen LogP contribution >= 0.6 is 0 Å². The fourth-order valence-corrected chi connectivity index (χ4v) is 2.09. The highest BCUT2D eigenvalue weighted by Gasteiger charge is 2.17. The predicted molar refractivity (Wildman–Crippen MR) is 77.3 cm³/mol. The van der Waals surface area contributed by atoms with Gasteiger partial charge in [0.1, 0.15) is 0 Å². The highest BCUT2D eigenvalue weighted by molar-refractivity contribution is 5.41. The van der Waals surface area contributed by atoms with Crippen LogP contribution in [0.4, 0.5) is 5.69 Å². The summed E-state index contributed by atoms with van der Waals surface area (Å²) in [4.78, 5) is 15.1. The van der Waals surface area contributed by atoms with E-state index in [4.69, 9.17) is 0 Å². The molecular formula is C15H17N3O2. The number of benzene rings is 1. The van der Waals surface area contributed by atoms with E-state index in [1.807, 2.05) is 38.1 Å². The quantitative estimate of drug-likeness (QED) is 0.670. The number of nitro benzene ring substituents is 1. The zero-order valence-electron chi connectivity index (χ0n) is 11.5. The Hall–Kier alpha value is -2.27. The molecule has 1 heterocycles. The molecule has 0 fully saturated rings. The van der Waals surface area contributed by atoms with Crippen LogP contribution in [0.5, 0.6) is 0 Å². The molecule has 0 spiro atoms. The minimum Gasteiger partial charge on any atom is -0.304 e. The van der Waals surface area contributed by atoms with Crippen molar-refractivity contribution >= 4 is 5.69 Å². The second-order valence-electron chi connectivity index (χ2n) is 4.69. The first-order valence-corrected chi connectivity index (χ1v) is 6.47. The van der Waals surface area contributed by atoms with Gasteiger partial charge in [-0.05, 0) is 26.0 Å². The molecule has 0 saturated heterocycles. The number of hydrogen-bond acceptors (Lipinski definition) is 4. The fourth-order valence-electron chi connectivity index (χ4n) is 2.09. The van der Waals surface area contributed by atoms with Gasteiger partial charge in [-0.2, -0.15) is 0 Å². The molecular weight excluding hydrogens is 254 g/mol. The molecule has 1 atom stereocenters. The Kier molecular flexibility index (Phi) is 4.42. The van der Waals surface area contributed by atoms with Gasteiger partial charge in [-0.15, -0.1) is 0 Å². The van der Waals surface area contributed by atoms with Crippen LogP contribution in [0.1, 0.15) is 29.9 Å². The standard InChI is InChI=1S/C15H17N3O2/c1-11-6-5-7-13(17-11)10-16-12(2)14-8-3-4-9-15(14)18(19)20/h3-9,12,16H,10H2,1-2H3. The van der Waals surface area contributed by atoms with Crippen molar-refractivity contribution in [2.75, 3.05) is 0 Å². The summed E-state index contributed by atoms with van der Waals surface area (Å²) < 4.78 is 0. The monoisotopic (exact) mass is 271 g/mol. The van der Waals surface area contributed by atoms with E-state index in [9.17, 15) is 10.1 Å². The second-order valence-corrected chi connectivity index (χ2v) is 4.69. The molecule has 0 saturated carbocycles. The average molecular weight is 271 g/mol. The van der Waals surface area contributed by atoms with E-state index < -0.39 is 0 Å². The lowest BCUT2D eigenvalue weighted by Crippen LogP contribution is -2.19. The number of para-hydroxylation sites is 1. The molecule has 0 aliphatic rings. The van der Waals surface area contributed by atoms with Crippen LogP contribution < -0.4 is 5.32 Å². The second kappa shape index (κ2) is 6.25. The molecule has 20 heavy (non-hydrogen) atoms. The van der Waals surface area contributed by atoms with Crippen molar-refractivity contribution < 1.29 is 4.92 Å². The summed E-state index contributed by atoms with van der Waals surface area (Å²) in [6, 6.07) is 12.5. The molecule has 1 unspecified atom stereocenters. The smallest absolute Gasteiger partial charge is 0.274 e. The summed E-state index contributed by atoms with van der Waals surface area (Å²) in [5.41, 5.74) is 2.72. The van der Waals surface area contributed by atoms with Gasteiger partial charge in [-0.3, -0.25) is 15.1 Å². The number of nitrogens with zero attached hydrogens (tertiary/aromatic N) is 2. The van der Waals surface area contributed by atoms with Gasteiger partial charge in [-0.25, -0.2) is 0 Å². The SMILES string of the molecule is Cc1cccc(CNC(C)c2ccccc2[N+](=O)[O-])n1. The van der Waals surface area contributed by atoms with E-state index >= 15 is 0 Å². The lowest BCUT2D eigenvalue weighted by molar-refractivity contribution is -0.385. The molecule has 0 aliphatic heterocycles. The van der Waals surface area contributed by atoms with Gasteiger partial charge in [0.15, 0.2) is 0 Å². The largest absolute Gasteiger partial charge is 0.304 e. The average Bonchev–Trinajstić information content (AvgIpc) is 2.45. The lowest BCUT2D eigenvalue weighted by atomic mass is 10.1. The fraction of sp³-hybridized carbons (Fsp3) is 0.267. The number of hydrogen-bond donors (Lipinski definition) is 1. The third kappa shape index (κ3) is 3.39. The van der Waals surface area contributed by atoms with Crippen molar-refractivity contribution in [3.8, 4) is 0 Å². The first kappa shape index (κ1) is 14.1. The summed E-state index contributed by atoms with van der Waals surface area (Å²) in [5, 5.41) is 14.3. The molecule has 0 amide bonds. The van der Waals surface area contributed by atoms with Crippen molar-refractivity contribution in [1.82, 2.24) is 10.3 Å². The Bertz CT molecular complexity index is 614. The summed E-state index contributed by atoms with van der Waals surface area (Å²) in [7, 11) is 0. The minimum atomic E-state index is -0.349. The third-order valence-corrected chi connectivity index (χ3v) is 3.14. The van der Waals surface area contributed by atoms with Crippen LogP contribution in [0.25, 0.3) is 0 Å². The van der Waals surface area contributed by atoms with Crippen LogP contribution in [-0.2, 0) is 6.54 Å². The Balaban J connectivity index is 2.09. The maximum absolute atomic E-state index is 11.0. The molecule has 1 N–H and O–H groups in total. The van der Waals surface area contributed by atoms with Gasteiger partial charge in [-0.1, -0.05) is 24.3 Å². The van der Waals surface area contributed by atoms with Crippen LogP contribution in [0, 0.1) is 17.0 Å². The number of rotatable bonds is 5. The predicted octanol–water partition coefficient (Wildman–Crippen LogP) is 3.15. The van der Waals surface area contributed by atoms with Gasteiger partial charge < -0.3 is 5.32 Å². The summed E-state index contributed by atoms with van der Waals surface area (Å²) in [6.45, 7) is 4.43. The highest BCUT2D eigenvalue weighted by Crippen LogP contribution is 2.24. The Labute approximate surface area is 117 Å². The molecule has 2 rings (SSSR count). The van der Waals surface area contributed by atoms with E-state index in [0.29, 0.717) is 12.1 Å². The molecule has 0 bridgehead atoms.